The highest BCUT2D eigenvalue weighted by molar-refractivity contribution is 5.97. The van der Waals surface area contributed by atoms with Crippen LogP contribution in [0.2, 0.25) is 0 Å². The first-order valence-electron chi connectivity index (χ1n) is 5.88. The Kier molecular flexibility index (Phi) is 3.98. The third kappa shape index (κ3) is 3.24. The minimum atomic E-state index is -0.540. The van der Waals surface area contributed by atoms with Crippen LogP contribution in [0, 0.1) is 17.0 Å². The molecule has 0 aliphatic carbocycles. The van der Waals surface area contributed by atoms with Crippen molar-refractivity contribution < 1.29 is 14.9 Å². The van der Waals surface area contributed by atoms with Crippen molar-refractivity contribution in [3.05, 3.63) is 57.8 Å². The molecule has 2 aromatic rings. The zero-order chi connectivity index (χ0) is 15.4. The Labute approximate surface area is 119 Å². The summed E-state index contributed by atoms with van der Waals surface area (Å²) in [6.45, 7) is 1.79. The summed E-state index contributed by atoms with van der Waals surface area (Å²) >= 11 is 0. The predicted molar refractivity (Wildman–Crippen MR) is 74.7 cm³/mol. The van der Waals surface area contributed by atoms with Gasteiger partial charge in [0.1, 0.15) is 0 Å². The second-order valence-corrected chi connectivity index (χ2v) is 4.20. The van der Waals surface area contributed by atoms with Crippen molar-refractivity contribution in [3.63, 3.8) is 0 Å². The van der Waals surface area contributed by atoms with Crippen LogP contribution in [0.5, 0.6) is 11.6 Å². The number of aromatic nitrogens is 1. The molecule has 0 unspecified atom stereocenters. The van der Waals surface area contributed by atoms with Crippen molar-refractivity contribution in [2.24, 2.45) is 10.9 Å². The maximum Gasteiger partial charge on any atom is 0.311 e. The first-order chi connectivity index (χ1) is 10.0. The Balaban J connectivity index is 2.38. The molecule has 8 heteroatoms. The lowest BCUT2D eigenvalue weighted by atomic mass is 10.2. The van der Waals surface area contributed by atoms with Gasteiger partial charge in [0.05, 0.1) is 4.92 Å². The Morgan fingerprint density at radius 1 is 1.43 bits per heavy atom. The van der Waals surface area contributed by atoms with E-state index >= 15 is 0 Å². The van der Waals surface area contributed by atoms with Gasteiger partial charge in [0.15, 0.2) is 5.84 Å². The van der Waals surface area contributed by atoms with Crippen LogP contribution >= 0.6 is 0 Å². The summed E-state index contributed by atoms with van der Waals surface area (Å²) in [6.07, 6.45) is 1.39. The van der Waals surface area contributed by atoms with E-state index in [1.54, 1.807) is 13.0 Å². The molecule has 0 spiro atoms. The molecule has 0 atom stereocenters. The second-order valence-electron chi connectivity index (χ2n) is 4.20. The maximum absolute atomic E-state index is 11.0. The number of nitrogens with zero attached hydrogens (tertiary/aromatic N) is 3. The number of hydrogen-bond donors (Lipinski definition) is 2. The van der Waals surface area contributed by atoms with E-state index in [2.05, 4.69) is 10.1 Å². The van der Waals surface area contributed by atoms with E-state index in [1.807, 2.05) is 0 Å². The van der Waals surface area contributed by atoms with Gasteiger partial charge in [-0.1, -0.05) is 11.2 Å². The first-order valence-corrected chi connectivity index (χ1v) is 5.88. The van der Waals surface area contributed by atoms with Gasteiger partial charge in [-0.3, -0.25) is 10.1 Å². The maximum atomic E-state index is 11.0. The molecule has 8 nitrogen and oxygen atoms in total. The van der Waals surface area contributed by atoms with Crippen molar-refractivity contribution in [1.29, 1.82) is 0 Å². The minimum Gasteiger partial charge on any atom is -0.432 e. The van der Waals surface area contributed by atoms with Crippen LogP contribution in [0.15, 0.2) is 41.7 Å². The van der Waals surface area contributed by atoms with Crippen molar-refractivity contribution in [1.82, 2.24) is 4.98 Å². The first kappa shape index (κ1) is 14.3. The number of nitrogens with two attached hydrogens (primary N) is 1. The summed E-state index contributed by atoms with van der Waals surface area (Å²) in [4.78, 5) is 14.4. The Hall–Kier alpha value is -3.16. The van der Waals surface area contributed by atoms with Crippen LogP contribution in [0.25, 0.3) is 0 Å². The molecule has 2 rings (SSSR count). The normalized spacial score (nSPS) is 11.2. The van der Waals surface area contributed by atoms with Crippen molar-refractivity contribution >= 4 is 11.5 Å². The van der Waals surface area contributed by atoms with Crippen molar-refractivity contribution in [2.45, 2.75) is 6.92 Å². The van der Waals surface area contributed by atoms with E-state index in [4.69, 9.17) is 15.7 Å². The average Bonchev–Trinajstić information content (AvgIpc) is 2.46. The van der Waals surface area contributed by atoms with E-state index in [0.29, 0.717) is 5.56 Å². The number of nitro benzene ring substituents is 1. The van der Waals surface area contributed by atoms with Crippen LogP contribution in [0.3, 0.4) is 0 Å². The highest BCUT2D eigenvalue weighted by atomic mass is 16.6. The van der Waals surface area contributed by atoms with Gasteiger partial charge in [-0.15, -0.1) is 0 Å². The summed E-state index contributed by atoms with van der Waals surface area (Å²) in [5.74, 6) is 0.0675. The molecule has 21 heavy (non-hydrogen) atoms. The molecule has 0 aliphatic rings. The average molecular weight is 288 g/mol. The van der Waals surface area contributed by atoms with Crippen LogP contribution in [-0.4, -0.2) is 21.0 Å². The van der Waals surface area contributed by atoms with Gasteiger partial charge >= 0.3 is 5.69 Å². The number of nitro groups is 1. The molecule has 0 saturated heterocycles. The van der Waals surface area contributed by atoms with Crippen molar-refractivity contribution in [2.75, 3.05) is 0 Å². The summed E-state index contributed by atoms with van der Waals surface area (Å²) in [6, 6.07) is 7.45. The quantitative estimate of drug-likeness (QED) is 0.292. The molecule has 1 heterocycles. The van der Waals surface area contributed by atoms with Gasteiger partial charge in [-0.05, 0) is 24.6 Å². The summed E-state index contributed by atoms with van der Waals surface area (Å²) < 4.78 is 5.44. The van der Waals surface area contributed by atoms with Gasteiger partial charge in [0.25, 0.3) is 0 Å². The number of ether oxygens (including phenoxy) is 1. The summed E-state index contributed by atoms with van der Waals surface area (Å²) in [5.41, 5.74) is 6.49. The lowest BCUT2D eigenvalue weighted by Crippen LogP contribution is -2.13. The van der Waals surface area contributed by atoms with E-state index in [-0.39, 0.29) is 23.2 Å². The summed E-state index contributed by atoms with van der Waals surface area (Å²) in [7, 11) is 0. The molecule has 1 aromatic carbocycles. The molecule has 1 aromatic heterocycles. The number of pyridine rings is 1. The fourth-order valence-corrected chi connectivity index (χ4v) is 1.65. The lowest BCUT2D eigenvalue weighted by molar-refractivity contribution is -0.385. The van der Waals surface area contributed by atoms with Gasteiger partial charge in [0.2, 0.25) is 11.6 Å². The molecule has 0 aliphatic heterocycles. The zero-order valence-electron chi connectivity index (χ0n) is 11.1. The molecule has 0 radical (unpaired) electrons. The fraction of sp³-hybridized carbons (Fsp3) is 0.0769. The van der Waals surface area contributed by atoms with E-state index in [1.165, 1.54) is 30.5 Å². The van der Waals surface area contributed by atoms with E-state index in [0.717, 1.165) is 5.56 Å². The third-order valence-electron chi connectivity index (χ3n) is 2.66. The second kappa shape index (κ2) is 5.87. The minimum absolute atomic E-state index is 0.0733. The molecule has 0 bridgehead atoms. The Bertz CT molecular complexity index is 715. The van der Waals surface area contributed by atoms with Gasteiger partial charge in [-0.25, -0.2) is 4.98 Å². The van der Waals surface area contributed by atoms with Gasteiger partial charge in [0, 0.05) is 23.9 Å². The lowest BCUT2D eigenvalue weighted by Gasteiger charge is -2.07. The number of rotatable bonds is 4. The monoisotopic (exact) mass is 288 g/mol. The molecule has 0 saturated carbocycles. The van der Waals surface area contributed by atoms with Gasteiger partial charge in [-0.2, -0.15) is 0 Å². The molecule has 3 N–H and O–H groups in total. The van der Waals surface area contributed by atoms with Crippen LogP contribution < -0.4 is 10.5 Å². The number of benzene rings is 1. The third-order valence-corrected chi connectivity index (χ3v) is 2.66. The number of amidine groups is 1. The van der Waals surface area contributed by atoms with Crippen LogP contribution in [0.1, 0.15) is 11.1 Å². The van der Waals surface area contributed by atoms with Gasteiger partial charge < -0.3 is 15.7 Å². The number of oxime groups is 1. The molecule has 0 fully saturated rings. The number of aryl methyl sites for hydroxylation is 1. The Morgan fingerprint density at radius 2 is 2.19 bits per heavy atom. The van der Waals surface area contributed by atoms with Crippen LogP contribution in [0.4, 0.5) is 5.69 Å². The SMILES string of the molecule is Cc1ccc([N+](=O)[O-])c(Oc2cc(/C(N)=N/O)ccn2)c1. The smallest absolute Gasteiger partial charge is 0.311 e. The predicted octanol–water partition coefficient (Wildman–Crippen LogP) is 2.19. The topological polar surface area (TPSA) is 124 Å². The van der Waals surface area contributed by atoms with Crippen LogP contribution in [-0.2, 0) is 0 Å². The molecule has 0 amide bonds. The summed E-state index contributed by atoms with van der Waals surface area (Å²) in [5, 5.41) is 22.5. The van der Waals surface area contributed by atoms with Crippen molar-refractivity contribution in [3.8, 4) is 11.6 Å². The molecular formula is C13H12N4O4. The highest BCUT2D eigenvalue weighted by Crippen LogP contribution is 2.31. The largest absolute Gasteiger partial charge is 0.432 e. The highest BCUT2D eigenvalue weighted by Gasteiger charge is 2.16. The van der Waals surface area contributed by atoms with E-state index in [9.17, 15) is 10.1 Å². The number of hydrogen-bond acceptors (Lipinski definition) is 6. The molecular weight excluding hydrogens is 276 g/mol. The van der Waals surface area contributed by atoms with E-state index < -0.39 is 4.92 Å². The standard InChI is InChI=1S/C13H12N4O4/c1-8-2-3-10(17(19)20)11(6-8)21-12-7-9(4-5-15-12)13(14)16-18/h2-7,18H,1H3,(H2,14,16). The fourth-order valence-electron chi connectivity index (χ4n) is 1.65. The molecule has 108 valence electrons. The zero-order valence-corrected chi connectivity index (χ0v) is 11.1. The Morgan fingerprint density at radius 3 is 2.86 bits per heavy atom.